The van der Waals surface area contributed by atoms with Crippen molar-refractivity contribution in [2.45, 2.75) is 25.1 Å². The fourth-order valence-electron chi connectivity index (χ4n) is 2.73. The number of alkyl halides is 3. The number of ketones is 1. The molecule has 0 amide bonds. The smallest absolute Gasteiger partial charge is 0.389 e. The van der Waals surface area contributed by atoms with Gasteiger partial charge in [0, 0.05) is 10.9 Å². The van der Waals surface area contributed by atoms with Crippen LogP contribution in [0.15, 0.2) is 22.7 Å². The lowest BCUT2D eigenvalue weighted by atomic mass is 9.70. The van der Waals surface area contributed by atoms with Crippen molar-refractivity contribution in [3.05, 3.63) is 28.2 Å². The topological polar surface area (TPSA) is 35.5 Å². The van der Waals surface area contributed by atoms with Gasteiger partial charge in [-0.05, 0) is 24.6 Å². The van der Waals surface area contributed by atoms with Gasteiger partial charge in [0.05, 0.1) is 18.8 Å². The molecule has 0 bridgehead atoms. The van der Waals surface area contributed by atoms with Gasteiger partial charge in [-0.3, -0.25) is 4.79 Å². The van der Waals surface area contributed by atoms with Crippen LogP contribution in [0.1, 0.15) is 23.2 Å². The minimum absolute atomic E-state index is 0.111. The van der Waals surface area contributed by atoms with E-state index in [9.17, 15) is 18.0 Å². The quantitative estimate of drug-likeness (QED) is 0.801. The van der Waals surface area contributed by atoms with Crippen LogP contribution in [0.5, 0.6) is 5.75 Å². The summed E-state index contributed by atoms with van der Waals surface area (Å²) in [4.78, 5) is 12.6. The summed E-state index contributed by atoms with van der Waals surface area (Å²) in [5.74, 6) is 0.149. The molecular formula is C14H12BrF3O3. The zero-order valence-corrected chi connectivity index (χ0v) is 12.5. The van der Waals surface area contributed by atoms with Crippen molar-refractivity contribution in [2.75, 3.05) is 13.2 Å². The number of rotatable bonds is 2. The Labute approximate surface area is 127 Å². The van der Waals surface area contributed by atoms with Crippen molar-refractivity contribution in [1.82, 2.24) is 0 Å². The van der Waals surface area contributed by atoms with Crippen molar-refractivity contribution >= 4 is 21.7 Å². The van der Waals surface area contributed by atoms with Gasteiger partial charge in [0.2, 0.25) is 0 Å². The molecule has 3 nitrogen and oxygen atoms in total. The number of ether oxygens (including phenoxy) is 2. The van der Waals surface area contributed by atoms with E-state index in [2.05, 4.69) is 15.9 Å². The Hall–Kier alpha value is -1.08. The van der Waals surface area contributed by atoms with E-state index >= 15 is 0 Å². The number of hydrogen-bond acceptors (Lipinski definition) is 3. The molecule has 2 heterocycles. The third kappa shape index (κ3) is 2.57. The summed E-state index contributed by atoms with van der Waals surface area (Å²) in [5.41, 5.74) is -0.574. The maximum Gasteiger partial charge on any atom is 0.389 e. The first kappa shape index (κ1) is 14.8. The fourth-order valence-corrected chi connectivity index (χ4v) is 3.09. The van der Waals surface area contributed by atoms with Gasteiger partial charge in [0.1, 0.15) is 17.3 Å². The summed E-state index contributed by atoms with van der Waals surface area (Å²) in [6.07, 6.45) is -6.28. The minimum atomic E-state index is -4.27. The lowest BCUT2D eigenvalue weighted by Crippen LogP contribution is -2.60. The second-order valence-electron chi connectivity index (χ2n) is 5.38. The summed E-state index contributed by atoms with van der Waals surface area (Å²) in [6, 6.07) is 4.93. The van der Waals surface area contributed by atoms with Crippen molar-refractivity contribution < 1.29 is 27.4 Å². The number of hydrogen-bond donors (Lipinski definition) is 0. The third-order valence-corrected chi connectivity index (χ3v) is 4.43. The van der Waals surface area contributed by atoms with Crippen LogP contribution in [0.2, 0.25) is 0 Å². The van der Waals surface area contributed by atoms with Gasteiger partial charge in [-0.15, -0.1) is 0 Å². The highest BCUT2D eigenvalue weighted by Crippen LogP contribution is 2.46. The van der Waals surface area contributed by atoms with Gasteiger partial charge in [-0.1, -0.05) is 15.9 Å². The zero-order valence-electron chi connectivity index (χ0n) is 10.9. The molecule has 1 unspecified atom stereocenters. The zero-order chi connectivity index (χ0) is 15.3. The molecule has 2 aliphatic heterocycles. The van der Waals surface area contributed by atoms with Crippen LogP contribution >= 0.6 is 15.9 Å². The van der Waals surface area contributed by atoms with Gasteiger partial charge < -0.3 is 9.47 Å². The molecule has 1 aromatic rings. The molecule has 0 aliphatic carbocycles. The lowest BCUT2D eigenvalue weighted by molar-refractivity contribution is -0.165. The Bertz CT molecular complexity index is 581. The first-order valence-electron chi connectivity index (χ1n) is 6.47. The summed E-state index contributed by atoms with van der Waals surface area (Å²) < 4.78 is 48.9. The fraction of sp³-hybridized carbons (Fsp3) is 0.500. The van der Waals surface area contributed by atoms with E-state index in [1.807, 2.05) is 0 Å². The molecular weight excluding hydrogens is 353 g/mol. The Morgan fingerprint density at radius 2 is 2.05 bits per heavy atom. The second kappa shape index (κ2) is 4.98. The van der Waals surface area contributed by atoms with E-state index in [4.69, 9.17) is 9.47 Å². The summed E-state index contributed by atoms with van der Waals surface area (Å²) in [5, 5.41) is 0. The number of carbonyl (C=O) groups is 1. The highest BCUT2D eigenvalue weighted by atomic mass is 79.9. The molecule has 114 valence electrons. The minimum Gasteiger partial charge on any atom is -0.488 e. The maximum absolute atomic E-state index is 12.6. The van der Waals surface area contributed by atoms with Gasteiger partial charge in [0.25, 0.3) is 0 Å². The van der Waals surface area contributed by atoms with Crippen LogP contribution in [0.3, 0.4) is 0 Å². The monoisotopic (exact) mass is 364 g/mol. The third-order valence-electron chi connectivity index (χ3n) is 3.93. The first-order chi connectivity index (χ1) is 9.82. The summed E-state index contributed by atoms with van der Waals surface area (Å²) in [6.45, 7) is 0.223. The largest absolute Gasteiger partial charge is 0.488 e. The molecule has 21 heavy (non-hydrogen) atoms. The lowest BCUT2D eigenvalue weighted by Gasteiger charge is -2.48. The van der Waals surface area contributed by atoms with Crippen LogP contribution in [-0.4, -0.2) is 31.3 Å². The average molecular weight is 365 g/mol. The molecule has 1 atom stereocenters. The van der Waals surface area contributed by atoms with Crippen LogP contribution in [0, 0.1) is 5.41 Å². The average Bonchev–Trinajstić information content (AvgIpc) is 2.34. The Kier molecular flexibility index (Phi) is 3.52. The highest BCUT2D eigenvalue weighted by Gasteiger charge is 2.57. The van der Waals surface area contributed by atoms with Crippen molar-refractivity contribution in [1.29, 1.82) is 0 Å². The molecule has 1 fully saturated rings. The van der Waals surface area contributed by atoms with E-state index in [0.29, 0.717) is 11.3 Å². The molecule has 0 saturated carbocycles. The molecule has 2 aliphatic rings. The van der Waals surface area contributed by atoms with E-state index in [1.165, 1.54) is 0 Å². The molecule has 1 aromatic carbocycles. The van der Waals surface area contributed by atoms with E-state index in [0.717, 1.165) is 4.47 Å². The number of halogens is 4. The highest BCUT2D eigenvalue weighted by molar-refractivity contribution is 9.10. The summed E-state index contributed by atoms with van der Waals surface area (Å²) >= 11 is 3.28. The number of carbonyl (C=O) groups excluding carboxylic acids is 1. The van der Waals surface area contributed by atoms with Gasteiger partial charge >= 0.3 is 6.18 Å². The van der Waals surface area contributed by atoms with Gasteiger partial charge in [-0.2, -0.15) is 13.2 Å². The molecule has 3 rings (SSSR count). The number of fused-ring (bicyclic) bond motifs is 1. The molecule has 1 saturated heterocycles. The van der Waals surface area contributed by atoms with Crippen molar-refractivity contribution in [3.8, 4) is 5.75 Å². The SMILES string of the molecule is O=C1c2cc(Br)ccc2OC(CCC(F)(F)F)C12COC2. The van der Waals surface area contributed by atoms with Crippen LogP contribution in [0.25, 0.3) is 0 Å². The first-order valence-corrected chi connectivity index (χ1v) is 7.27. The predicted molar refractivity (Wildman–Crippen MR) is 71.4 cm³/mol. The number of Topliss-reactive ketones (excluding diaryl/α,β-unsaturated/α-hetero) is 1. The van der Waals surface area contributed by atoms with Crippen molar-refractivity contribution in [3.63, 3.8) is 0 Å². The van der Waals surface area contributed by atoms with E-state index in [-0.39, 0.29) is 25.4 Å². The van der Waals surface area contributed by atoms with Crippen LogP contribution in [-0.2, 0) is 4.74 Å². The molecule has 1 spiro atoms. The standard InChI is InChI=1S/C14H12BrF3O3/c15-8-1-2-10-9(5-8)12(19)13(6-20-7-13)11(21-10)3-4-14(16,17)18/h1-2,5,11H,3-4,6-7H2. The van der Waals surface area contributed by atoms with Gasteiger partial charge in [-0.25, -0.2) is 0 Å². The van der Waals surface area contributed by atoms with Crippen LogP contribution in [0.4, 0.5) is 13.2 Å². The van der Waals surface area contributed by atoms with Crippen LogP contribution < -0.4 is 4.74 Å². The Balaban J connectivity index is 1.91. The summed E-state index contributed by atoms with van der Waals surface area (Å²) in [7, 11) is 0. The van der Waals surface area contributed by atoms with Crippen molar-refractivity contribution in [2.24, 2.45) is 5.41 Å². The Morgan fingerprint density at radius 1 is 1.33 bits per heavy atom. The molecule has 7 heteroatoms. The normalized spacial score (nSPS) is 23.4. The molecule has 0 N–H and O–H groups in total. The maximum atomic E-state index is 12.6. The predicted octanol–water partition coefficient (Wildman–Crippen LogP) is 3.75. The number of benzene rings is 1. The van der Waals surface area contributed by atoms with E-state index < -0.39 is 24.1 Å². The Morgan fingerprint density at radius 3 is 2.62 bits per heavy atom. The van der Waals surface area contributed by atoms with Gasteiger partial charge in [0.15, 0.2) is 5.78 Å². The molecule has 0 radical (unpaired) electrons. The molecule has 0 aromatic heterocycles. The van der Waals surface area contributed by atoms with E-state index in [1.54, 1.807) is 18.2 Å². The second-order valence-corrected chi connectivity index (χ2v) is 6.29.